The zero-order valence-electron chi connectivity index (χ0n) is 29.4. The molecule has 1 amide bonds. The van der Waals surface area contributed by atoms with Gasteiger partial charge in [-0.25, -0.2) is 4.79 Å². The van der Waals surface area contributed by atoms with Crippen molar-refractivity contribution in [3.8, 4) is 5.75 Å². The van der Waals surface area contributed by atoms with Gasteiger partial charge in [-0.15, -0.1) is 0 Å². The summed E-state index contributed by atoms with van der Waals surface area (Å²) in [7, 11) is 6.78. The predicted molar refractivity (Wildman–Crippen MR) is 188 cm³/mol. The van der Waals surface area contributed by atoms with Gasteiger partial charge in [0.25, 0.3) is 5.91 Å². The molecule has 0 aromatic heterocycles. The summed E-state index contributed by atoms with van der Waals surface area (Å²) in [6.07, 6.45) is 18.3. The predicted octanol–water partition coefficient (Wildman–Crippen LogP) is 9.72. The molecule has 0 spiro atoms. The molecule has 256 valence electrons. The quantitative estimate of drug-likeness (QED) is 0.0508. The molecule has 0 heterocycles. The van der Waals surface area contributed by atoms with Crippen LogP contribution in [-0.4, -0.2) is 63.3 Å². The number of nitrogens with one attached hydrogen (secondary N) is 1. The second-order valence-corrected chi connectivity index (χ2v) is 13.4. The van der Waals surface area contributed by atoms with Gasteiger partial charge in [0.15, 0.2) is 0 Å². The minimum atomic E-state index is -0.717. The highest BCUT2D eigenvalue weighted by Gasteiger charge is 2.18. The minimum Gasteiger partial charge on any atom is -0.494 e. The summed E-state index contributed by atoms with van der Waals surface area (Å²) in [5.41, 5.74) is 1.79. The molecule has 8 heteroatoms. The summed E-state index contributed by atoms with van der Waals surface area (Å²) >= 11 is 0. The van der Waals surface area contributed by atoms with Crippen LogP contribution in [0.4, 0.5) is 11.4 Å². The Morgan fingerprint density at radius 2 is 1.15 bits per heavy atom. The van der Waals surface area contributed by atoms with Crippen LogP contribution in [0.15, 0.2) is 58.8 Å². The van der Waals surface area contributed by atoms with Gasteiger partial charge < -0.3 is 19.3 Å². The first-order valence-electron chi connectivity index (χ1n) is 17.7. The van der Waals surface area contributed by atoms with E-state index in [4.69, 9.17) is 9.47 Å². The van der Waals surface area contributed by atoms with Gasteiger partial charge in [0.1, 0.15) is 11.8 Å². The number of esters is 1. The van der Waals surface area contributed by atoms with Gasteiger partial charge in [0, 0.05) is 5.56 Å². The van der Waals surface area contributed by atoms with Gasteiger partial charge >= 0.3 is 5.97 Å². The lowest BCUT2D eigenvalue weighted by atomic mass is 10.1. The second-order valence-electron chi connectivity index (χ2n) is 13.4. The van der Waals surface area contributed by atoms with Gasteiger partial charge in [-0.3, -0.25) is 4.79 Å². The third-order valence-electron chi connectivity index (χ3n) is 7.93. The maximum Gasteiger partial charge on any atom is 0.328 e. The zero-order valence-corrected chi connectivity index (χ0v) is 29.4. The molecule has 8 nitrogen and oxygen atoms in total. The molecule has 0 saturated heterocycles. The number of carbonyl (C=O) groups is 2. The summed E-state index contributed by atoms with van der Waals surface area (Å²) in [5, 5.41) is 11.3. The largest absolute Gasteiger partial charge is 0.494 e. The highest BCUT2D eigenvalue weighted by molar-refractivity contribution is 5.96. The summed E-state index contributed by atoms with van der Waals surface area (Å²) in [6, 6.07) is 13.7. The maximum absolute atomic E-state index is 12.6. The third-order valence-corrected chi connectivity index (χ3v) is 7.93. The Morgan fingerprint density at radius 3 is 1.70 bits per heavy atom. The molecule has 0 aliphatic rings. The van der Waals surface area contributed by atoms with Crippen molar-refractivity contribution in [3.63, 3.8) is 0 Å². The lowest BCUT2D eigenvalue weighted by molar-refractivity contribution is -0.870. The number of benzene rings is 2. The summed E-state index contributed by atoms with van der Waals surface area (Å²) in [5.74, 6) is 0.0903. The molecule has 0 bridgehead atoms. The molecule has 1 N–H and O–H groups in total. The lowest BCUT2D eigenvalue weighted by Crippen LogP contribution is -2.39. The van der Waals surface area contributed by atoms with Crippen molar-refractivity contribution >= 4 is 23.3 Å². The van der Waals surface area contributed by atoms with Crippen LogP contribution < -0.4 is 10.1 Å². The maximum atomic E-state index is 12.6. The standard InChI is InChI=1S/C38H60N4O4/c1-6-7-8-9-13-17-20-31-46-38(44)32(2)39-37(43)33-21-23-34(24-22-33)40-41-35-25-27-36(28-26-35)45-30-19-16-14-11-10-12-15-18-29-42(3,4)5/h21-28,32H,6-20,29-31H2,1-5H3/p+1/t32-/m0/s1. The number of rotatable bonds is 25. The molecule has 0 fully saturated rings. The molecule has 46 heavy (non-hydrogen) atoms. The number of hydrogen-bond donors (Lipinski definition) is 1. The number of ether oxygens (including phenoxy) is 2. The summed E-state index contributed by atoms with van der Waals surface area (Å²) < 4.78 is 12.3. The van der Waals surface area contributed by atoms with Crippen LogP contribution in [0.5, 0.6) is 5.75 Å². The molecule has 2 rings (SSSR count). The number of quaternary nitrogens is 1. The van der Waals surface area contributed by atoms with Crippen LogP contribution in [0.3, 0.4) is 0 Å². The van der Waals surface area contributed by atoms with Crippen molar-refractivity contribution in [2.45, 2.75) is 116 Å². The van der Waals surface area contributed by atoms with E-state index in [0.717, 1.165) is 41.8 Å². The number of amides is 1. The average Bonchev–Trinajstić information content (AvgIpc) is 3.04. The Kier molecular flexibility index (Phi) is 19.6. The Labute approximate surface area is 278 Å². The van der Waals surface area contributed by atoms with Crippen LogP contribution >= 0.6 is 0 Å². The fourth-order valence-corrected chi connectivity index (χ4v) is 5.04. The molecule has 2 aromatic carbocycles. The van der Waals surface area contributed by atoms with E-state index in [0.29, 0.717) is 17.9 Å². The van der Waals surface area contributed by atoms with Crippen molar-refractivity contribution in [1.29, 1.82) is 0 Å². The zero-order chi connectivity index (χ0) is 33.5. The molecular formula is C38H61N4O4+. The van der Waals surface area contributed by atoms with Crippen LogP contribution in [-0.2, 0) is 9.53 Å². The van der Waals surface area contributed by atoms with E-state index in [1.54, 1.807) is 31.2 Å². The molecule has 0 saturated carbocycles. The normalized spacial score (nSPS) is 12.3. The molecular weight excluding hydrogens is 576 g/mol. The SMILES string of the molecule is CCCCCCCCCOC(=O)[C@H](C)NC(=O)c1ccc(N=Nc2ccc(OCCCCCCCCCC[N+](C)(C)C)cc2)cc1. The number of carbonyl (C=O) groups excluding carboxylic acids is 2. The smallest absolute Gasteiger partial charge is 0.328 e. The number of unbranched alkanes of at least 4 members (excludes halogenated alkanes) is 13. The van der Waals surface area contributed by atoms with Gasteiger partial charge in [-0.2, -0.15) is 10.2 Å². The molecule has 0 unspecified atom stereocenters. The Hall–Kier alpha value is -3.26. The Morgan fingerprint density at radius 1 is 0.674 bits per heavy atom. The van der Waals surface area contributed by atoms with Gasteiger partial charge in [-0.1, -0.05) is 77.6 Å². The van der Waals surface area contributed by atoms with Crippen LogP contribution in [0.1, 0.15) is 121 Å². The number of hydrogen-bond acceptors (Lipinski definition) is 6. The first-order chi connectivity index (χ1) is 22.2. The number of azo groups is 1. The van der Waals surface area contributed by atoms with Gasteiger partial charge in [-0.05, 0) is 81.1 Å². The van der Waals surface area contributed by atoms with E-state index >= 15 is 0 Å². The van der Waals surface area contributed by atoms with Crippen molar-refractivity contribution in [2.75, 3.05) is 40.9 Å². The van der Waals surface area contributed by atoms with E-state index in [2.05, 4.69) is 43.6 Å². The van der Waals surface area contributed by atoms with Crippen molar-refractivity contribution < 1.29 is 23.5 Å². The van der Waals surface area contributed by atoms with Crippen LogP contribution in [0, 0.1) is 0 Å². The van der Waals surface area contributed by atoms with E-state index in [1.165, 1.54) is 83.6 Å². The molecule has 1 atom stereocenters. The van der Waals surface area contributed by atoms with Crippen molar-refractivity contribution in [2.24, 2.45) is 10.2 Å². The summed E-state index contributed by atoms with van der Waals surface area (Å²) in [6.45, 7) is 6.22. The van der Waals surface area contributed by atoms with Crippen LogP contribution in [0.25, 0.3) is 0 Å². The molecule has 2 aromatic rings. The fourth-order valence-electron chi connectivity index (χ4n) is 5.04. The van der Waals surface area contributed by atoms with Crippen molar-refractivity contribution in [3.05, 3.63) is 54.1 Å². The molecule has 0 aliphatic carbocycles. The summed E-state index contributed by atoms with van der Waals surface area (Å²) in [4.78, 5) is 24.9. The topological polar surface area (TPSA) is 89.3 Å². The third kappa shape index (κ3) is 18.6. The molecule has 0 aliphatic heterocycles. The Bertz CT molecular complexity index is 1130. The fraction of sp³-hybridized carbons (Fsp3) is 0.632. The van der Waals surface area contributed by atoms with Crippen molar-refractivity contribution in [1.82, 2.24) is 5.32 Å². The first kappa shape index (κ1) is 38.9. The Balaban J connectivity index is 1.60. The monoisotopic (exact) mass is 637 g/mol. The highest BCUT2D eigenvalue weighted by atomic mass is 16.5. The molecule has 0 radical (unpaired) electrons. The van der Waals surface area contributed by atoms with Gasteiger partial charge in [0.05, 0.1) is 52.3 Å². The van der Waals surface area contributed by atoms with E-state index in [-0.39, 0.29) is 5.91 Å². The number of nitrogens with zero attached hydrogens (tertiary/aromatic N) is 3. The van der Waals surface area contributed by atoms with E-state index < -0.39 is 12.0 Å². The minimum absolute atomic E-state index is 0.332. The van der Waals surface area contributed by atoms with E-state index in [9.17, 15) is 9.59 Å². The van der Waals surface area contributed by atoms with Crippen LogP contribution in [0.2, 0.25) is 0 Å². The second kappa shape index (κ2) is 23.1. The van der Waals surface area contributed by atoms with Gasteiger partial charge in [0.2, 0.25) is 0 Å². The van der Waals surface area contributed by atoms with E-state index in [1.807, 2.05) is 24.3 Å². The first-order valence-corrected chi connectivity index (χ1v) is 17.7. The average molecular weight is 638 g/mol. The lowest BCUT2D eigenvalue weighted by Gasteiger charge is -2.23. The highest BCUT2D eigenvalue weighted by Crippen LogP contribution is 2.22.